The minimum Gasteiger partial charge on any atom is -0.507 e. The highest BCUT2D eigenvalue weighted by molar-refractivity contribution is 14.1. The van der Waals surface area contributed by atoms with Crippen LogP contribution >= 0.6 is 34.4 Å². The molecule has 1 heterocycles. The highest BCUT2D eigenvalue weighted by atomic mass is 127. The Hall–Kier alpha value is -2.33. The van der Waals surface area contributed by atoms with Gasteiger partial charge >= 0.3 is 0 Å². The average molecular weight is 508 g/mol. The highest BCUT2D eigenvalue weighted by Crippen LogP contribution is 2.33. The van der Waals surface area contributed by atoms with Gasteiger partial charge in [0.05, 0.1) is 8.48 Å². The minimum atomic E-state index is -0.505. The lowest BCUT2D eigenvalue weighted by Gasteiger charge is -2.12. The Bertz CT molecular complexity index is 973. The van der Waals surface area contributed by atoms with Crippen LogP contribution in [-0.2, 0) is 16.0 Å². The fourth-order valence-corrected chi connectivity index (χ4v) is 3.95. The fraction of sp³-hybridized carbons (Fsp3) is 0.150. The number of phenols is 1. The molecule has 0 aromatic heterocycles. The van der Waals surface area contributed by atoms with Crippen molar-refractivity contribution in [3.8, 4) is 5.75 Å². The number of benzene rings is 2. The van der Waals surface area contributed by atoms with E-state index in [1.807, 2.05) is 41.6 Å². The molecule has 1 aliphatic heterocycles. The SMILES string of the molecule is CCc1ccc(NC(=O)CN2C(=O)S/C(=C\c3ccc(O)c(I)c3)C2=O)cc1. The quantitative estimate of drug-likeness (QED) is 0.467. The zero-order valence-electron chi connectivity index (χ0n) is 14.9. The fourth-order valence-electron chi connectivity index (χ4n) is 2.57. The molecule has 6 nitrogen and oxygen atoms in total. The maximum Gasteiger partial charge on any atom is 0.294 e. The number of nitrogens with one attached hydrogen (secondary N) is 1. The van der Waals surface area contributed by atoms with Crippen LogP contribution in [0.5, 0.6) is 5.75 Å². The van der Waals surface area contributed by atoms with Gasteiger partial charge in [-0.1, -0.05) is 25.1 Å². The largest absolute Gasteiger partial charge is 0.507 e. The smallest absolute Gasteiger partial charge is 0.294 e. The van der Waals surface area contributed by atoms with E-state index < -0.39 is 17.1 Å². The summed E-state index contributed by atoms with van der Waals surface area (Å²) in [7, 11) is 0. The number of hydrogen-bond donors (Lipinski definition) is 2. The van der Waals surface area contributed by atoms with Gasteiger partial charge in [-0.25, -0.2) is 0 Å². The number of amides is 3. The molecule has 1 saturated heterocycles. The highest BCUT2D eigenvalue weighted by Gasteiger charge is 2.36. The molecular weight excluding hydrogens is 491 g/mol. The number of thioether (sulfide) groups is 1. The number of aryl methyl sites for hydroxylation is 1. The number of phenolic OH excluding ortho intramolecular Hbond substituents is 1. The number of nitrogens with zero attached hydrogens (tertiary/aromatic N) is 1. The molecule has 3 rings (SSSR count). The second kappa shape index (κ2) is 8.78. The molecule has 1 aliphatic rings. The van der Waals surface area contributed by atoms with Gasteiger partial charge in [-0.15, -0.1) is 0 Å². The van der Waals surface area contributed by atoms with Gasteiger partial charge in [0, 0.05) is 5.69 Å². The van der Waals surface area contributed by atoms with Crippen molar-refractivity contribution in [3.63, 3.8) is 0 Å². The van der Waals surface area contributed by atoms with Crippen molar-refractivity contribution < 1.29 is 19.5 Å². The van der Waals surface area contributed by atoms with Gasteiger partial charge < -0.3 is 10.4 Å². The molecule has 0 bridgehead atoms. The van der Waals surface area contributed by atoms with Gasteiger partial charge in [0.25, 0.3) is 11.1 Å². The normalized spacial score (nSPS) is 15.4. The topological polar surface area (TPSA) is 86.7 Å². The Labute approximate surface area is 180 Å². The first-order valence-electron chi connectivity index (χ1n) is 8.50. The number of halogens is 1. The summed E-state index contributed by atoms with van der Waals surface area (Å²) < 4.78 is 0.638. The number of imide groups is 1. The Kier molecular flexibility index (Phi) is 6.40. The zero-order chi connectivity index (χ0) is 20.3. The van der Waals surface area contributed by atoms with E-state index in [4.69, 9.17) is 0 Å². The first-order valence-corrected chi connectivity index (χ1v) is 10.4. The van der Waals surface area contributed by atoms with Crippen molar-refractivity contribution in [2.75, 3.05) is 11.9 Å². The van der Waals surface area contributed by atoms with E-state index in [9.17, 15) is 19.5 Å². The van der Waals surface area contributed by atoms with Crippen LogP contribution < -0.4 is 5.32 Å². The van der Waals surface area contributed by atoms with Crippen molar-refractivity contribution in [1.29, 1.82) is 0 Å². The Morgan fingerprint density at radius 3 is 2.57 bits per heavy atom. The molecule has 2 aromatic rings. The van der Waals surface area contributed by atoms with Crippen molar-refractivity contribution in [1.82, 2.24) is 4.90 Å². The van der Waals surface area contributed by atoms with E-state index in [0.717, 1.165) is 28.6 Å². The van der Waals surface area contributed by atoms with E-state index in [1.165, 1.54) is 6.07 Å². The summed E-state index contributed by atoms with van der Waals surface area (Å²) in [6.07, 6.45) is 2.48. The Morgan fingerprint density at radius 1 is 1.21 bits per heavy atom. The van der Waals surface area contributed by atoms with Crippen LogP contribution in [0.25, 0.3) is 6.08 Å². The van der Waals surface area contributed by atoms with Gasteiger partial charge in [0.15, 0.2) is 0 Å². The molecule has 0 saturated carbocycles. The average Bonchev–Trinajstić information content (AvgIpc) is 2.92. The molecular formula is C20H17IN2O4S. The molecule has 2 N–H and O–H groups in total. The van der Waals surface area contributed by atoms with Crippen LogP contribution in [0.1, 0.15) is 18.1 Å². The first-order chi connectivity index (χ1) is 13.4. The number of aromatic hydroxyl groups is 1. The predicted octanol–water partition coefficient (Wildman–Crippen LogP) is 4.23. The first kappa shape index (κ1) is 20.4. The van der Waals surface area contributed by atoms with Crippen LogP contribution in [0, 0.1) is 3.57 Å². The molecule has 0 radical (unpaired) electrons. The third-order valence-corrected chi connectivity index (χ3v) is 5.86. The van der Waals surface area contributed by atoms with Gasteiger partial charge in [0.2, 0.25) is 5.91 Å². The van der Waals surface area contributed by atoms with E-state index in [0.29, 0.717) is 14.8 Å². The van der Waals surface area contributed by atoms with E-state index >= 15 is 0 Å². The molecule has 8 heteroatoms. The van der Waals surface area contributed by atoms with E-state index in [2.05, 4.69) is 5.32 Å². The monoisotopic (exact) mass is 508 g/mol. The molecule has 0 atom stereocenters. The summed E-state index contributed by atoms with van der Waals surface area (Å²) in [6, 6.07) is 12.3. The van der Waals surface area contributed by atoms with Crippen molar-refractivity contribution in [2.45, 2.75) is 13.3 Å². The van der Waals surface area contributed by atoms with Crippen molar-refractivity contribution in [2.24, 2.45) is 0 Å². The molecule has 0 spiro atoms. The molecule has 28 heavy (non-hydrogen) atoms. The summed E-state index contributed by atoms with van der Waals surface area (Å²) >= 11 is 2.77. The van der Waals surface area contributed by atoms with E-state index in [-0.39, 0.29) is 17.2 Å². The number of rotatable bonds is 5. The van der Waals surface area contributed by atoms with Crippen molar-refractivity contribution in [3.05, 3.63) is 62.1 Å². The lowest BCUT2D eigenvalue weighted by molar-refractivity contribution is -0.127. The van der Waals surface area contributed by atoms with Crippen LogP contribution in [0.2, 0.25) is 0 Å². The molecule has 0 aliphatic carbocycles. The van der Waals surface area contributed by atoms with Crippen molar-refractivity contribution >= 4 is 63.2 Å². The third kappa shape index (κ3) is 4.74. The van der Waals surface area contributed by atoms with E-state index in [1.54, 1.807) is 30.3 Å². The van der Waals surface area contributed by atoms with Crippen LogP contribution in [0.15, 0.2) is 47.4 Å². The van der Waals surface area contributed by atoms with Gasteiger partial charge in [-0.05, 0) is 82.2 Å². The molecule has 1 fully saturated rings. The van der Waals surface area contributed by atoms with Gasteiger partial charge in [0.1, 0.15) is 12.3 Å². The van der Waals surface area contributed by atoms with Gasteiger partial charge in [-0.2, -0.15) is 0 Å². The standard InChI is InChI=1S/C20H17IN2O4S/c1-2-12-3-6-14(7-4-12)22-18(25)11-23-19(26)17(28-20(23)27)10-13-5-8-16(24)15(21)9-13/h3-10,24H,2,11H2,1H3,(H,22,25)/b17-10-. The van der Waals surface area contributed by atoms with Crippen LogP contribution in [0.4, 0.5) is 10.5 Å². The summed E-state index contributed by atoms with van der Waals surface area (Å²) in [5.74, 6) is -0.795. The minimum absolute atomic E-state index is 0.148. The molecule has 144 valence electrons. The molecule has 3 amide bonds. The molecule has 0 unspecified atom stereocenters. The Balaban J connectivity index is 1.68. The number of hydrogen-bond acceptors (Lipinski definition) is 5. The maximum atomic E-state index is 12.5. The summed E-state index contributed by atoms with van der Waals surface area (Å²) in [4.78, 5) is 38.1. The second-order valence-corrected chi connectivity index (χ2v) is 8.23. The second-order valence-electron chi connectivity index (χ2n) is 6.08. The summed E-state index contributed by atoms with van der Waals surface area (Å²) in [6.45, 7) is 1.70. The Morgan fingerprint density at radius 2 is 1.93 bits per heavy atom. The van der Waals surface area contributed by atoms with Gasteiger partial charge in [-0.3, -0.25) is 19.3 Å². The maximum absolute atomic E-state index is 12.5. The number of anilines is 1. The third-order valence-electron chi connectivity index (χ3n) is 4.09. The number of carbonyl (C=O) groups excluding carboxylic acids is 3. The van der Waals surface area contributed by atoms with Crippen LogP contribution in [0.3, 0.4) is 0 Å². The summed E-state index contributed by atoms with van der Waals surface area (Å²) in [5.41, 5.74) is 2.45. The predicted molar refractivity (Wildman–Crippen MR) is 118 cm³/mol. The number of carbonyl (C=O) groups is 3. The molecule has 2 aromatic carbocycles. The lowest BCUT2D eigenvalue weighted by Crippen LogP contribution is -2.36. The zero-order valence-corrected chi connectivity index (χ0v) is 17.9. The lowest BCUT2D eigenvalue weighted by atomic mass is 10.1. The summed E-state index contributed by atoms with van der Waals surface area (Å²) in [5, 5.41) is 11.8. The van der Waals surface area contributed by atoms with Crippen LogP contribution in [-0.4, -0.2) is 33.6 Å².